The van der Waals surface area contributed by atoms with E-state index in [0.717, 1.165) is 0 Å². The molecule has 0 bridgehead atoms. The fourth-order valence-corrected chi connectivity index (χ4v) is 5.01. The summed E-state index contributed by atoms with van der Waals surface area (Å²) >= 11 is 0. The first-order valence-electron chi connectivity index (χ1n) is 11.9. The predicted octanol–water partition coefficient (Wildman–Crippen LogP) is 3.78. The topological polar surface area (TPSA) is 19.0 Å². The highest BCUT2D eigenvalue weighted by Gasteiger charge is 2.10. The molecule has 0 spiro atoms. The molecule has 0 fully saturated rings. The Morgan fingerprint density at radius 2 is 0.963 bits per heavy atom. The fourth-order valence-electron chi connectivity index (χ4n) is 3.72. The highest BCUT2D eigenvalue weighted by Crippen LogP contribution is 2.02. The molecule has 0 unspecified atom stereocenters. The summed E-state index contributed by atoms with van der Waals surface area (Å²) in [4.78, 5) is 7.98. The van der Waals surface area contributed by atoms with E-state index < -0.39 is 9.76 Å². The summed E-state index contributed by atoms with van der Waals surface area (Å²) in [6.45, 7) is 23.5. The van der Waals surface area contributed by atoms with Crippen LogP contribution in [0.25, 0.3) is 0 Å². The van der Waals surface area contributed by atoms with Crippen molar-refractivity contribution in [3.8, 4) is 0 Å². The van der Waals surface area contributed by atoms with Crippen LogP contribution >= 0.6 is 0 Å². The van der Waals surface area contributed by atoms with Crippen LogP contribution in [-0.4, -0.2) is 89.1 Å². The lowest BCUT2D eigenvalue weighted by Crippen LogP contribution is -2.36. The average Bonchev–Trinajstić information content (AvgIpc) is 2.61. The van der Waals surface area contributed by atoms with Crippen LogP contribution in [0.4, 0.5) is 0 Å². The van der Waals surface area contributed by atoms with Gasteiger partial charge in [0.15, 0.2) is 9.76 Å². The van der Waals surface area contributed by atoms with Gasteiger partial charge in [-0.2, -0.15) is 0 Å². The molecule has 5 heteroatoms. The van der Waals surface area contributed by atoms with Gasteiger partial charge in [-0.1, -0.05) is 27.7 Å². The molecule has 0 aliphatic rings. The van der Waals surface area contributed by atoms with Crippen molar-refractivity contribution in [2.75, 3.05) is 58.5 Å². The van der Waals surface area contributed by atoms with Crippen LogP contribution in [0.1, 0.15) is 80.1 Å². The molecule has 27 heavy (non-hydrogen) atoms. The minimum Gasteiger partial charge on any atom is -0.420 e. The van der Waals surface area contributed by atoms with Gasteiger partial charge in [-0.25, -0.2) is 0 Å². The Balaban J connectivity index is 4.32. The van der Waals surface area contributed by atoms with E-state index in [1.807, 2.05) is 0 Å². The van der Waals surface area contributed by atoms with Crippen molar-refractivity contribution in [2.45, 2.75) is 86.2 Å². The van der Waals surface area contributed by atoms with Crippen molar-refractivity contribution in [1.29, 1.82) is 0 Å². The average molecular weight is 402 g/mol. The zero-order valence-corrected chi connectivity index (χ0v) is 21.1. The molecule has 0 aromatic heterocycles. The zero-order valence-electron chi connectivity index (χ0n) is 19.6. The van der Waals surface area contributed by atoms with E-state index in [2.05, 4.69) is 56.2 Å². The summed E-state index contributed by atoms with van der Waals surface area (Å²) in [7, 11) is -0.418. The standard InChI is InChI=1S/C22H51N3OSi/c1-7-13-23(14-8-2)17-11-19-25(21-27-26-22(5)6)20-12-18-24(15-9-3)16-10-4/h22H,7-21,27H2,1-6H3. The molecule has 0 N–H and O–H groups in total. The third-order valence-electron chi connectivity index (χ3n) is 4.92. The Labute approximate surface area is 173 Å². The van der Waals surface area contributed by atoms with Crippen LogP contribution in [0.15, 0.2) is 0 Å². The molecule has 0 heterocycles. The molecule has 164 valence electrons. The summed E-state index contributed by atoms with van der Waals surface area (Å²) in [6, 6.07) is 0. The van der Waals surface area contributed by atoms with Gasteiger partial charge >= 0.3 is 0 Å². The number of hydrogen-bond acceptors (Lipinski definition) is 4. The normalized spacial score (nSPS) is 12.7. The van der Waals surface area contributed by atoms with E-state index in [4.69, 9.17) is 4.43 Å². The van der Waals surface area contributed by atoms with Crippen molar-refractivity contribution >= 4 is 9.76 Å². The number of nitrogens with zero attached hydrogens (tertiary/aromatic N) is 3. The Bertz CT molecular complexity index is 271. The maximum atomic E-state index is 5.96. The molecule has 0 amide bonds. The van der Waals surface area contributed by atoms with Crippen LogP contribution in [0, 0.1) is 0 Å². The minimum absolute atomic E-state index is 0.396. The van der Waals surface area contributed by atoms with Gasteiger partial charge in [0, 0.05) is 12.3 Å². The second-order valence-electron chi connectivity index (χ2n) is 8.15. The van der Waals surface area contributed by atoms with Gasteiger partial charge in [0.2, 0.25) is 0 Å². The largest absolute Gasteiger partial charge is 0.420 e. The highest BCUT2D eigenvalue weighted by atomic mass is 28.2. The molecule has 0 rings (SSSR count). The monoisotopic (exact) mass is 401 g/mol. The molecule has 0 aromatic carbocycles. The molecule has 0 saturated heterocycles. The smallest absolute Gasteiger partial charge is 0.175 e. The maximum absolute atomic E-state index is 5.96. The Hall–Kier alpha value is 0.0569. The lowest BCUT2D eigenvalue weighted by atomic mass is 10.2. The molecule has 0 saturated carbocycles. The molecule has 0 radical (unpaired) electrons. The van der Waals surface area contributed by atoms with Gasteiger partial charge in [-0.15, -0.1) is 0 Å². The van der Waals surface area contributed by atoms with Crippen molar-refractivity contribution in [3.05, 3.63) is 0 Å². The van der Waals surface area contributed by atoms with E-state index >= 15 is 0 Å². The molecule has 0 aromatic rings. The lowest BCUT2D eigenvalue weighted by molar-refractivity contribution is 0.208. The van der Waals surface area contributed by atoms with Crippen LogP contribution in [0.5, 0.6) is 0 Å². The Kier molecular flexibility index (Phi) is 19.4. The third-order valence-corrected chi connectivity index (χ3v) is 6.63. The summed E-state index contributed by atoms with van der Waals surface area (Å²) in [6.07, 6.45) is 9.27. The zero-order chi connectivity index (χ0) is 20.3. The van der Waals surface area contributed by atoms with Crippen molar-refractivity contribution < 1.29 is 4.43 Å². The van der Waals surface area contributed by atoms with Gasteiger partial charge in [-0.3, -0.25) is 0 Å². The summed E-state index contributed by atoms with van der Waals surface area (Å²) < 4.78 is 5.96. The van der Waals surface area contributed by atoms with Crippen molar-refractivity contribution in [1.82, 2.24) is 14.7 Å². The molecule has 4 nitrogen and oxygen atoms in total. The first-order chi connectivity index (χ1) is 13.1. The fraction of sp³-hybridized carbons (Fsp3) is 1.00. The van der Waals surface area contributed by atoms with E-state index in [-0.39, 0.29) is 0 Å². The van der Waals surface area contributed by atoms with Crippen molar-refractivity contribution in [2.24, 2.45) is 0 Å². The Morgan fingerprint density at radius 1 is 0.593 bits per heavy atom. The molecular formula is C22H51N3OSi. The summed E-state index contributed by atoms with van der Waals surface area (Å²) in [5.41, 5.74) is 0. The molecular weight excluding hydrogens is 350 g/mol. The minimum atomic E-state index is -0.418. The van der Waals surface area contributed by atoms with E-state index in [0.29, 0.717) is 6.10 Å². The van der Waals surface area contributed by atoms with Gasteiger partial charge in [0.05, 0.1) is 0 Å². The van der Waals surface area contributed by atoms with E-state index in [9.17, 15) is 0 Å². The maximum Gasteiger partial charge on any atom is 0.175 e. The molecule has 0 aliphatic heterocycles. The van der Waals surface area contributed by atoms with E-state index in [1.54, 1.807) is 0 Å². The summed E-state index contributed by atoms with van der Waals surface area (Å²) in [5, 5.41) is 0. The van der Waals surface area contributed by atoms with Crippen molar-refractivity contribution in [3.63, 3.8) is 0 Å². The quantitative estimate of drug-likeness (QED) is 0.289. The van der Waals surface area contributed by atoms with E-state index in [1.165, 1.54) is 97.1 Å². The summed E-state index contributed by atoms with van der Waals surface area (Å²) in [5.74, 6) is 0. The van der Waals surface area contributed by atoms with Gasteiger partial charge in [0.25, 0.3) is 0 Å². The first kappa shape index (κ1) is 27.1. The number of rotatable bonds is 20. The van der Waals surface area contributed by atoms with Crippen LogP contribution in [0.3, 0.4) is 0 Å². The van der Waals surface area contributed by atoms with Crippen LogP contribution in [-0.2, 0) is 4.43 Å². The number of hydrogen-bond donors (Lipinski definition) is 0. The SMILES string of the molecule is CCCN(CCC)CCCN(CCCN(CCC)CCC)C[SiH2]OC(C)C. The third kappa shape index (κ3) is 16.7. The van der Waals surface area contributed by atoms with Gasteiger partial charge in [-0.05, 0) is 105 Å². The second kappa shape index (κ2) is 19.4. The Morgan fingerprint density at radius 3 is 1.30 bits per heavy atom. The van der Waals surface area contributed by atoms with Gasteiger partial charge in [0.1, 0.15) is 0 Å². The van der Waals surface area contributed by atoms with Crippen LogP contribution in [0.2, 0.25) is 0 Å². The lowest BCUT2D eigenvalue weighted by Gasteiger charge is -2.27. The molecule has 0 atom stereocenters. The predicted molar refractivity (Wildman–Crippen MR) is 124 cm³/mol. The molecule has 0 aliphatic carbocycles. The first-order valence-corrected chi connectivity index (χ1v) is 13.4. The highest BCUT2D eigenvalue weighted by molar-refractivity contribution is 6.27. The van der Waals surface area contributed by atoms with Crippen LogP contribution < -0.4 is 0 Å². The second-order valence-corrected chi connectivity index (χ2v) is 9.34. The van der Waals surface area contributed by atoms with Gasteiger partial charge < -0.3 is 19.1 Å².